The summed E-state index contributed by atoms with van der Waals surface area (Å²) in [6, 6.07) is 5.26. The lowest BCUT2D eigenvalue weighted by Crippen LogP contribution is -2.23. The molecule has 0 radical (unpaired) electrons. The Hall–Kier alpha value is -1.60. The number of anilines is 1. The summed E-state index contributed by atoms with van der Waals surface area (Å²) in [5.74, 6) is 0.719. The van der Waals surface area contributed by atoms with Crippen molar-refractivity contribution in [2.24, 2.45) is 0 Å². The maximum absolute atomic E-state index is 12.0. The summed E-state index contributed by atoms with van der Waals surface area (Å²) in [6.07, 6.45) is 0.803. The first-order chi connectivity index (χ1) is 9.63. The second kappa shape index (κ2) is 6.71. The smallest absolute Gasteiger partial charge is 0.252 e. The van der Waals surface area contributed by atoms with Gasteiger partial charge in [-0.15, -0.1) is 0 Å². The first-order valence-electron chi connectivity index (χ1n) is 6.32. The number of carbonyl (C=O) groups is 1. The van der Waals surface area contributed by atoms with Crippen molar-refractivity contribution in [2.75, 3.05) is 12.3 Å². The van der Waals surface area contributed by atoms with Crippen molar-refractivity contribution in [3.05, 3.63) is 29.6 Å². The van der Waals surface area contributed by atoms with E-state index in [0.29, 0.717) is 17.8 Å². The van der Waals surface area contributed by atoms with E-state index in [1.165, 1.54) is 23.3 Å². The molecule has 0 saturated heterocycles. The van der Waals surface area contributed by atoms with Crippen LogP contribution in [0, 0.1) is 0 Å². The SMILES string of the molecule is CCNC(=O)c1ccc(N)cc1Sc1nc(CC)ns1. The van der Waals surface area contributed by atoms with Gasteiger partial charge in [0.05, 0.1) is 5.56 Å². The fourth-order valence-electron chi connectivity index (χ4n) is 1.58. The van der Waals surface area contributed by atoms with Gasteiger partial charge < -0.3 is 11.1 Å². The molecule has 0 spiro atoms. The van der Waals surface area contributed by atoms with E-state index in [1.54, 1.807) is 18.2 Å². The molecule has 7 heteroatoms. The van der Waals surface area contributed by atoms with Crippen molar-refractivity contribution >= 4 is 34.9 Å². The highest BCUT2D eigenvalue weighted by Gasteiger charge is 2.14. The molecule has 1 heterocycles. The van der Waals surface area contributed by atoms with Crippen LogP contribution in [0.5, 0.6) is 0 Å². The minimum Gasteiger partial charge on any atom is -0.399 e. The van der Waals surface area contributed by atoms with Gasteiger partial charge in [-0.3, -0.25) is 4.79 Å². The number of benzene rings is 1. The quantitative estimate of drug-likeness (QED) is 0.830. The van der Waals surface area contributed by atoms with Gasteiger partial charge in [0.25, 0.3) is 5.91 Å². The zero-order valence-electron chi connectivity index (χ0n) is 11.3. The van der Waals surface area contributed by atoms with Crippen LogP contribution in [0.25, 0.3) is 0 Å². The molecule has 0 unspecified atom stereocenters. The van der Waals surface area contributed by atoms with Crippen molar-refractivity contribution in [1.29, 1.82) is 0 Å². The number of nitrogens with two attached hydrogens (primary N) is 1. The van der Waals surface area contributed by atoms with Crippen molar-refractivity contribution in [2.45, 2.75) is 29.5 Å². The Morgan fingerprint density at radius 1 is 1.45 bits per heavy atom. The Bertz CT molecular complexity index is 612. The van der Waals surface area contributed by atoms with Crippen LogP contribution in [-0.4, -0.2) is 21.8 Å². The highest BCUT2D eigenvalue weighted by Crippen LogP contribution is 2.33. The molecule has 1 aromatic carbocycles. The van der Waals surface area contributed by atoms with E-state index >= 15 is 0 Å². The first-order valence-corrected chi connectivity index (χ1v) is 7.91. The average molecular weight is 308 g/mol. The Balaban J connectivity index is 2.29. The number of carbonyl (C=O) groups excluding carboxylic acids is 1. The van der Waals surface area contributed by atoms with Crippen molar-refractivity contribution < 1.29 is 4.79 Å². The van der Waals surface area contributed by atoms with Gasteiger partial charge in [-0.2, -0.15) is 4.37 Å². The third-order valence-corrected chi connectivity index (χ3v) is 4.40. The summed E-state index contributed by atoms with van der Waals surface area (Å²) >= 11 is 2.76. The second-order valence-corrected chi connectivity index (χ2v) is 6.09. The molecule has 0 aliphatic carbocycles. The average Bonchev–Trinajstić information content (AvgIpc) is 2.87. The number of hydrogen-bond donors (Lipinski definition) is 2. The predicted molar refractivity (Wildman–Crippen MR) is 82.3 cm³/mol. The molecule has 106 valence electrons. The van der Waals surface area contributed by atoms with E-state index in [-0.39, 0.29) is 5.91 Å². The highest BCUT2D eigenvalue weighted by molar-refractivity contribution is 8.01. The van der Waals surface area contributed by atoms with Gasteiger partial charge in [-0.1, -0.05) is 18.7 Å². The second-order valence-electron chi connectivity index (χ2n) is 4.05. The topological polar surface area (TPSA) is 80.9 Å². The monoisotopic (exact) mass is 308 g/mol. The number of nitrogens with zero attached hydrogens (tertiary/aromatic N) is 2. The third kappa shape index (κ3) is 3.49. The largest absolute Gasteiger partial charge is 0.399 e. The molecule has 20 heavy (non-hydrogen) atoms. The van der Waals surface area contributed by atoms with Gasteiger partial charge in [0, 0.05) is 23.5 Å². The molecule has 0 aliphatic heterocycles. The maximum atomic E-state index is 12.0. The Kier molecular flexibility index (Phi) is 4.97. The van der Waals surface area contributed by atoms with E-state index in [2.05, 4.69) is 14.7 Å². The maximum Gasteiger partial charge on any atom is 0.252 e. The summed E-state index contributed by atoms with van der Waals surface area (Å²) in [7, 11) is 0. The van der Waals surface area contributed by atoms with Crippen LogP contribution < -0.4 is 11.1 Å². The Labute approximate surface area is 126 Å². The highest BCUT2D eigenvalue weighted by atomic mass is 32.2. The van der Waals surface area contributed by atoms with Gasteiger partial charge in [-0.05, 0) is 36.7 Å². The van der Waals surface area contributed by atoms with E-state index in [4.69, 9.17) is 5.73 Å². The molecular formula is C13H16N4OS2. The summed E-state index contributed by atoms with van der Waals surface area (Å²) in [6.45, 7) is 4.49. The number of nitrogen functional groups attached to an aromatic ring is 1. The molecule has 3 N–H and O–H groups in total. The molecule has 2 aromatic rings. The van der Waals surface area contributed by atoms with Gasteiger partial charge >= 0.3 is 0 Å². The van der Waals surface area contributed by atoms with Crippen molar-refractivity contribution in [3.63, 3.8) is 0 Å². The normalized spacial score (nSPS) is 10.5. The number of rotatable bonds is 5. The minimum atomic E-state index is -0.102. The summed E-state index contributed by atoms with van der Waals surface area (Å²) in [4.78, 5) is 17.2. The molecule has 5 nitrogen and oxygen atoms in total. The number of nitrogens with one attached hydrogen (secondary N) is 1. The van der Waals surface area contributed by atoms with Crippen LogP contribution >= 0.6 is 23.3 Å². The first kappa shape index (κ1) is 14.8. The number of aryl methyl sites for hydroxylation is 1. The summed E-state index contributed by atoms with van der Waals surface area (Å²) < 4.78 is 5.06. The van der Waals surface area contributed by atoms with Crippen molar-refractivity contribution in [1.82, 2.24) is 14.7 Å². The van der Waals surface area contributed by atoms with Gasteiger partial charge in [0.1, 0.15) is 5.82 Å². The van der Waals surface area contributed by atoms with Gasteiger partial charge in [0.15, 0.2) is 4.34 Å². The molecular weight excluding hydrogens is 292 g/mol. The number of aromatic nitrogens is 2. The van der Waals surface area contributed by atoms with E-state index < -0.39 is 0 Å². The van der Waals surface area contributed by atoms with Crippen LogP contribution in [0.15, 0.2) is 27.4 Å². The molecule has 0 fully saturated rings. The molecule has 1 amide bonds. The van der Waals surface area contributed by atoms with Crippen LogP contribution in [0.1, 0.15) is 30.0 Å². The summed E-state index contributed by atoms with van der Waals surface area (Å²) in [5, 5.41) is 2.80. The third-order valence-electron chi connectivity index (χ3n) is 2.55. The lowest BCUT2D eigenvalue weighted by Gasteiger charge is -2.08. The van der Waals surface area contributed by atoms with Gasteiger partial charge in [-0.25, -0.2) is 4.98 Å². The van der Waals surface area contributed by atoms with Crippen LogP contribution in [0.2, 0.25) is 0 Å². The molecule has 0 saturated carbocycles. The fraction of sp³-hybridized carbons (Fsp3) is 0.308. The lowest BCUT2D eigenvalue weighted by molar-refractivity contribution is 0.0953. The molecule has 0 atom stereocenters. The summed E-state index contributed by atoms with van der Waals surface area (Å²) in [5.41, 5.74) is 7.05. The predicted octanol–water partition coefficient (Wildman–Crippen LogP) is 2.58. The van der Waals surface area contributed by atoms with E-state index in [1.807, 2.05) is 13.8 Å². The lowest BCUT2D eigenvalue weighted by atomic mass is 10.2. The molecule has 0 aliphatic rings. The Morgan fingerprint density at radius 2 is 2.25 bits per heavy atom. The zero-order valence-corrected chi connectivity index (χ0v) is 13.0. The van der Waals surface area contributed by atoms with E-state index in [0.717, 1.165) is 21.5 Å². The standard InChI is InChI=1S/C13H16N4OS2/c1-3-11-16-13(20-17-11)19-10-7-8(14)5-6-9(10)12(18)15-4-2/h5-7H,3-4,14H2,1-2H3,(H,15,18). The number of hydrogen-bond acceptors (Lipinski definition) is 6. The Morgan fingerprint density at radius 3 is 2.90 bits per heavy atom. The van der Waals surface area contributed by atoms with Crippen molar-refractivity contribution in [3.8, 4) is 0 Å². The molecule has 2 rings (SSSR count). The zero-order chi connectivity index (χ0) is 14.5. The fourth-order valence-corrected chi connectivity index (χ4v) is 3.42. The van der Waals surface area contributed by atoms with Crippen LogP contribution in [0.4, 0.5) is 5.69 Å². The molecule has 1 aromatic heterocycles. The van der Waals surface area contributed by atoms with E-state index in [9.17, 15) is 4.79 Å². The minimum absolute atomic E-state index is 0.102. The number of amides is 1. The molecule has 0 bridgehead atoms. The van der Waals surface area contributed by atoms with Crippen LogP contribution in [-0.2, 0) is 6.42 Å². The van der Waals surface area contributed by atoms with Gasteiger partial charge in [0.2, 0.25) is 0 Å². The van der Waals surface area contributed by atoms with Crippen LogP contribution in [0.3, 0.4) is 0 Å².